The van der Waals surface area contributed by atoms with Crippen molar-refractivity contribution < 1.29 is 33.7 Å². The molecule has 3 aliphatic rings. The molecule has 1 saturated carbocycles. The number of methoxy groups -OCH3 is 1. The maximum absolute atomic E-state index is 13.6. The maximum Gasteiger partial charge on any atom is 0.410 e. The molecular weight excluding hydrogens is 550 g/mol. The van der Waals surface area contributed by atoms with Crippen molar-refractivity contribution in [3.05, 3.63) is 54.6 Å². The summed E-state index contributed by atoms with van der Waals surface area (Å²) in [6, 6.07) is 16.3. The van der Waals surface area contributed by atoms with Crippen LogP contribution in [0.5, 0.6) is 11.5 Å². The summed E-state index contributed by atoms with van der Waals surface area (Å²) in [6.45, 7) is 0.398. The Morgan fingerprint density at radius 1 is 1.07 bits per heavy atom. The van der Waals surface area contributed by atoms with Gasteiger partial charge in [-0.25, -0.2) is 14.6 Å². The third-order valence-electron chi connectivity index (χ3n) is 8.90. The first kappa shape index (κ1) is 28.8. The minimum Gasteiger partial charge on any atom is -0.497 e. The van der Waals surface area contributed by atoms with E-state index in [4.69, 9.17) is 19.2 Å². The molecule has 10 nitrogen and oxygen atoms in total. The van der Waals surface area contributed by atoms with Gasteiger partial charge in [-0.3, -0.25) is 9.69 Å². The molecule has 0 bridgehead atoms. The van der Waals surface area contributed by atoms with Crippen LogP contribution in [0.25, 0.3) is 22.2 Å². The summed E-state index contributed by atoms with van der Waals surface area (Å²) in [5, 5.41) is 13.6. The fourth-order valence-corrected chi connectivity index (χ4v) is 6.39. The van der Waals surface area contributed by atoms with Crippen LogP contribution in [0.1, 0.15) is 51.4 Å². The van der Waals surface area contributed by atoms with E-state index in [0.29, 0.717) is 29.1 Å². The average Bonchev–Trinajstić information content (AvgIpc) is 3.55. The lowest BCUT2D eigenvalue weighted by molar-refractivity contribution is -0.144. The smallest absolute Gasteiger partial charge is 0.410 e. The second kappa shape index (κ2) is 12.1. The van der Waals surface area contributed by atoms with Gasteiger partial charge in [-0.1, -0.05) is 56.0 Å². The Kier molecular flexibility index (Phi) is 8.10. The molecule has 2 saturated heterocycles. The normalized spacial score (nSPS) is 26.3. The van der Waals surface area contributed by atoms with Crippen molar-refractivity contribution in [2.24, 2.45) is 5.92 Å². The van der Waals surface area contributed by atoms with Gasteiger partial charge >= 0.3 is 12.1 Å². The number of carbonyl (C=O) groups is 3. The van der Waals surface area contributed by atoms with Gasteiger partial charge in [0.1, 0.15) is 29.2 Å². The summed E-state index contributed by atoms with van der Waals surface area (Å²) in [7, 11) is 1.60. The molecule has 1 aliphatic carbocycles. The molecule has 3 heterocycles. The number of carboxylic acids is 1. The van der Waals surface area contributed by atoms with E-state index in [1.54, 1.807) is 7.11 Å². The van der Waals surface area contributed by atoms with Gasteiger partial charge in [-0.2, -0.15) is 0 Å². The maximum atomic E-state index is 13.6. The van der Waals surface area contributed by atoms with Crippen molar-refractivity contribution in [2.45, 2.75) is 69.1 Å². The Labute approximate surface area is 250 Å². The molecule has 2 amide bonds. The lowest BCUT2D eigenvalue weighted by Gasteiger charge is -2.25. The van der Waals surface area contributed by atoms with E-state index in [1.165, 1.54) is 4.90 Å². The van der Waals surface area contributed by atoms with Gasteiger partial charge in [0.2, 0.25) is 5.91 Å². The molecule has 226 valence electrons. The molecule has 1 aromatic heterocycles. The van der Waals surface area contributed by atoms with Gasteiger partial charge in [-0.15, -0.1) is 0 Å². The number of nitrogens with zero attached hydrogens (tertiary/aromatic N) is 2. The fourth-order valence-electron chi connectivity index (χ4n) is 6.39. The molecule has 6 rings (SSSR count). The van der Waals surface area contributed by atoms with Gasteiger partial charge in [0.05, 0.1) is 31.5 Å². The number of amides is 2. The number of carbonyl (C=O) groups excluding carboxylic acids is 2. The lowest BCUT2D eigenvalue weighted by atomic mass is 10.0. The van der Waals surface area contributed by atoms with E-state index in [-0.39, 0.29) is 25.5 Å². The zero-order valence-corrected chi connectivity index (χ0v) is 24.3. The largest absolute Gasteiger partial charge is 0.497 e. The summed E-state index contributed by atoms with van der Waals surface area (Å²) < 4.78 is 17.5. The van der Waals surface area contributed by atoms with Gasteiger partial charge in [0, 0.05) is 29.5 Å². The number of fused-ring (bicyclic) bond motifs is 3. The summed E-state index contributed by atoms with van der Waals surface area (Å²) in [4.78, 5) is 45.4. The fraction of sp³-hybridized carbons (Fsp3) is 0.455. The molecule has 3 fully saturated rings. The summed E-state index contributed by atoms with van der Waals surface area (Å²) in [6.07, 6.45) is 4.80. The number of pyridine rings is 1. The van der Waals surface area contributed by atoms with E-state index in [0.717, 1.165) is 49.5 Å². The Hall–Kier alpha value is -4.34. The molecule has 4 atom stereocenters. The predicted octanol–water partition coefficient (Wildman–Crippen LogP) is 5.18. The summed E-state index contributed by atoms with van der Waals surface area (Å²) in [5.74, 6) is -0.394. The highest BCUT2D eigenvalue weighted by Crippen LogP contribution is 2.47. The van der Waals surface area contributed by atoms with E-state index < -0.39 is 35.7 Å². The zero-order valence-electron chi connectivity index (χ0n) is 24.3. The molecule has 3 aromatic rings. The minimum absolute atomic E-state index is 0.107. The SMILES string of the molecule is COc1ccc2c(O[C@@H]3C[C@H]4C(=O)N[C@]5(C(=O)O)C[C@H]5CCCCCCCOC(=O)N4C3)cc(-c3ccccc3)nc2c1. The molecule has 0 unspecified atom stereocenters. The van der Waals surface area contributed by atoms with Crippen molar-refractivity contribution in [1.82, 2.24) is 15.2 Å². The van der Waals surface area contributed by atoms with E-state index >= 15 is 0 Å². The van der Waals surface area contributed by atoms with E-state index in [2.05, 4.69) is 5.32 Å². The second-order valence-electron chi connectivity index (χ2n) is 11.7. The number of aliphatic carboxylic acids is 1. The summed E-state index contributed by atoms with van der Waals surface area (Å²) in [5.41, 5.74) is 1.03. The third-order valence-corrected chi connectivity index (χ3v) is 8.90. The molecule has 0 spiro atoms. The van der Waals surface area contributed by atoms with Gasteiger partial charge in [0.15, 0.2) is 0 Å². The number of rotatable bonds is 5. The van der Waals surface area contributed by atoms with Crippen LogP contribution in [-0.2, 0) is 14.3 Å². The quantitative estimate of drug-likeness (QED) is 0.418. The van der Waals surface area contributed by atoms with Crippen LogP contribution in [0.2, 0.25) is 0 Å². The highest BCUT2D eigenvalue weighted by Gasteiger charge is 2.62. The number of benzene rings is 2. The number of hydrogen-bond donors (Lipinski definition) is 2. The van der Waals surface area contributed by atoms with Crippen molar-refractivity contribution in [2.75, 3.05) is 20.3 Å². The Morgan fingerprint density at radius 3 is 2.65 bits per heavy atom. The van der Waals surface area contributed by atoms with Crippen LogP contribution in [0.3, 0.4) is 0 Å². The van der Waals surface area contributed by atoms with Crippen molar-refractivity contribution in [3.8, 4) is 22.8 Å². The zero-order chi connectivity index (χ0) is 30.0. The lowest BCUT2D eigenvalue weighted by Crippen LogP contribution is -2.53. The van der Waals surface area contributed by atoms with E-state index in [1.807, 2.05) is 54.6 Å². The topological polar surface area (TPSA) is 127 Å². The highest BCUT2D eigenvalue weighted by molar-refractivity contribution is 5.94. The Bertz CT molecular complexity index is 1510. The summed E-state index contributed by atoms with van der Waals surface area (Å²) >= 11 is 0. The highest BCUT2D eigenvalue weighted by atomic mass is 16.6. The molecular formula is C33H37N3O7. The monoisotopic (exact) mass is 587 g/mol. The van der Waals surface area contributed by atoms with Crippen molar-refractivity contribution in [3.63, 3.8) is 0 Å². The number of cyclic esters (lactones) is 1. The number of carboxylic acid groups (broad SMARTS) is 1. The van der Waals surface area contributed by atoms with Gasteiger partial charge < -0.3 is 24.6 Å². The Balaban J connectivity index is 1.29. The average molecular weight is 588 g/mol. The minimum atomic E-state index is -1.28. The predicted molar refractivity (Wildman–Crippen MR) is 159 cm³/mol. The molecule has 2 N–H and O–H groups in total. The molecule has 2 aliphatic heterocycles. The van der Waals surface area contributed by atoms with Crippen molar-refractivity contribution in [1.29, 1.82) is 0 Å². The Morgan fingerprint density at radius 2 is 1.86 bits per heavy atom. The second-order valence-corrected chi connectivity index (χ2v) is 11.7. The number of ether oxygens (including phenoxy) is 3. The molecule has 10 heteroatoms. The van der Waals surface area contributed by atoms with Crippen LogP contribution in [-0.4, -0.2) is 70.9 Å². The van der Waals surface area contributed by atoms with E-state index in [9.17, 15) is 19.5 Å². The number of aromatic nitrogens is 1. The number of nitrogens with one attached hydrogen (secondary N) is 1. The van der Waals surface area contributed by atoms with Crippen LogP contribution < -0.4 is 14.8 Å². The van der Waals surface area contributed by atoms with Crippen LogP contribution in [0.4, 0.5) is 4.79 Å². The first-order valence-electron chi connectivity index (χ1n) is 15.1. The first-order valence-corrected chi connectivity index (χ1v) is 15.1. The van der Waals surface area contributed by atoms with Crippen LogP contribution in [0, 0.1) is 5.92 Å². The van der Waals surface area contributed by atoms with Crippen LogP contribution >= 0.6 is 0 Å². The third kappa shape index (κ3) is 5.96. The standard InChI is InChI=1S/C33H37N3O7/c1-41-23-13-14-25-27(16-23)34-26(21-10-6-5-7-11-21)18-29(25)43-24-17-28-30(37)35-33(31(38)39)19-22(33)12-8-3-2-4-9-15-42-32(40)36(28)20-24/h5-7,10-11,13-14,16,18,22,24,28H,2-4,8-9,12,15,17,19-20H2,1H3,(H,35,37)(H,38,39)/t22-,24-,28+,33-/m1/s1. The van der Waals surface area contributed by atoms with Gasteiger partial charge in [0.25, 0.3) is 0 Å². The first-order chi connectivity index (χ1) is 20.9. The van der Waals surface area contributed by atoms with Crippen LogP contribution in [0.15, 0.2) is 54.6 Å². The van der Waals surface area contributed by atoms with Crippen molar-refractivity contribution >= 4 is 28.9 Å². The molecule has 0 radical (unpaired) electrons. The number of hydrogen-bond acceptors (Lipinski definition) is 7. The molecule has 43 heavy (non-hydrogen) atoms. The molecule has 2 aromatic carbocycles. The van der Waals surface area contributed by atoms with Gasteiger partial charge in [-0.05, 0) is 37.3 Å².